The van der Waals surface area contributed by atoms with E-state index in [1.807, 2.05) is 0 Å². The van der Waals surface area contributed by atoms with Crippen LogP contribution >= 0.6 is 0 Å². The first kappa shape index (κ1) is 14.7. The van der Waals surface area contributed by atoms with Crippen molar-refractivity contribution in [2.24, 2.45) is 5.84 Å². The molecule has 1 atom stereocenters. The fourth-order valence-corrected chi connectivity index (χ4v) is 2.73. The molecule has 0 aliphatic carbocycles. The van der Waals surface area contributed by atoms with E-state index in [4.69, 9.17) is 5.84 Å². The van der Waals surface area contributed by atoms with Gasteiger partial charge in [-0.3, -0.25) is 16.2 Å². The number of nitrogens with one attached hydrogen (secondary N) is 1. The second-order valence-electron chi connectivity index (χ2n) is 5.94. The first-order chi connectivity index (χ1) is 7.98. The van der Waals surface area contributed by atoms with E-state index in [0.29, 0.717) is 0 Å². The van der Waals surface area contributed by atoms with Crippen LogP contribution in [-0.4, -0.2) is 29.6 Å². The van der Waals surface area contributed by atoms with Gasteiger partial charge in [-0.05, 0) is 53.1 Å². The molecule has 1 saturated heterocycles. The molecule has 1 fully saturated rings. The van der Waals surface area contributed by atoms with Gasteiger partial charge in [0.2, 0.25) is 0 Å². The average Bonchev–Trinajstić information content (AvgIpc) is 2.54. The number of likely N-dealkylation sites (tertiary alicyclic amines) is 1. The van der Waals surface area contributed by atoms with Gasteiger partial charge in [-0.1, -0.05) is 18.4 Å². The van der Waals surface area contributed by atoms with E-state index in [1.54, 1.807) is 0 Å². The van der Waals surface area contributed by atoms with E-state index in [0.717, 1.165) is 6.42 Å². The summed E-state index contributed by atoms with van der Waals surface area (Å²) in [6, 6.07) is 0.276. The highest BCUT2D eigenvalue weighted by Crippen LogP contribution is 2.26. The van der Waals surface area contributed by atoms with Crippen molar-refractivity contribution in [3.05, 3.63) is 12.2 Å². The van der Waals surface area contributed by atoms with Crippen LogP contribution in [0.3, 0.4) is 0 Å². The Morgan fingerprint density at radius 1 is 1.29 bits per heavy atom. The van der Waals surface area contributed by atoms with E-state index < -0.39 is 0 Å². The fourth-order valence-electron chi connectivity index (χ4n) is 2.73. The van der Waals surface area contributed by atoms with Crippen LogP contribution in [0.1, 0.15) is 52.9 Å². The van der Waals surface area contributed by atoms with Crippen LogP contribution < -0.4 is 11.3 Å². The van der Waals surface area contributed by atoms with Crippen LogP contribution in [0.4, 0.5) is 0 Å². The predicted octanol–water partition coefficient (Wildman–Crippen LogP) is 2.44. The van der Waals surface area contributed by atoms with Crippen molar-refractivity contribution < 1.29 is 0 Å². The zero-order valence-corrected chi connectivity index (χ0v) is 11.8. The van der Waals surface area contributed by atoms with E-state index in [9.17, 15) is 0 Å². The van der Waals surface area contributed by atoms with Gasteiger partial charge in [0.25, 0.3) is 0 Å². The number of hydrogen-bond acceptors (Lipinski definition) is 3. The molecule has 0 saturated carbocycles. The standard InChI is InChI=1S/C14H29N3/c1-12(2)11-13(16-15)14(3,4)17-9-7-5-6-8-10-17/h13,16H,1,5-11,15H2,2-4H3. The van der Waals surface area contributed by atoms with Gasteiger partial charge in [-0.15, -0.1) is 6.58 Å². The third-order valence-corrected chi connectivity index (χ3v) is 4.03. The maximum Gasteiger partial charge on any atom is 0.0426 e. The molecule has 0 radical (unpaired) electrons. The van der Waals surface area contributed by atoms with Gasteiger partial charge < -0.3 is 0 Å². The molecule has 3 heteroatoms. The molecule has 0 aromatic rings. The summed E-state index contributed by atoms with van der Waals surface area (Å²) in [6.45, 7) is 13.1. The zero-order valence-electron chi connectivity index (χ0n) is 11.8. The summed E-state index contributed by atoms with van der Waals surface area (Å²) < 4.78 is 0. The monoisotopic (exact) mass is 239 g/mol. The van der Waals surface area contributed by atoms with Crippen molar-refractivity contribution >= 4 is 0 Å². The normalized spacial score (nSPS) is 20.9. The highest BCUT2D eigenvalue weighted by Gasteiger charge is 2.34. The molecule has 1 heterocycles. The molecule has 17 heavy (non-hydrogen) atoms. The molecular formula is C14H29N3. The third-order valence-electron chi connectivity index (χ3n) is 4.03. The maximum atomic E-state index is 5.74. The van der Waals surface area contributed by atoms with Crippen molar-refractivity contribution in [3.63, 3.8) is 0 Å². The molecule has 0 bridgehead atoms. The zero-order chi connectivity index (χ0) is 12.9. The molecule has 1 aliphatic heterocycles. The molecule has 0 amide bonds. The second-order valence-corrected chi connectivity index (χ2v) is 5.94. The van der Waals surface area contributed by atoms with E-state index in [1.165, 1.54) is 44.3 Å². The van der Waals surface area contributed by atoms with Crippen LogP contribution in [0.15, 0.2) is 12.2 Å². The van der Waals surface area contributed by atoms with Gasteiger partial charge >= 0.3 is 0 Å². The lowest BCUT2D eigenvalue weighted by Gasteiger charge is -2.43. The molecular weight excluding hydrogens is 210 g/mol. The Hall–Kier alpha value is -0.380. The quantitative estimate of drug-likeness (QED) is 0.440. The summed E-state index contributed by atoms with van der Waals surface area (Å²) in [5, 5.41) is 0. The summed E-state index contributed by atoms with van der Waals surface area (Å²) in [7, 11) is 0. The van der Waals surface area contributed by atoms with Crippen molar-refractivity contribution in [1.29, 1.82) is 0 Å². The van der Waals surface area contributed by atoms with E-state index in [-0.39, 0.29) is 11.6 Å². The lowest BCUT2D eigenvalue weighted by molar-refractivity contribution is 0.0835. The largest absolute Gasteiger partial charge is 0.297 e. The van der Waals surface area contributed by atoms with Crippen molar-refractivity contribution in [2.45, 2.75) is 64.5 Å². The van der Waals surface area contributed by atoms with Crippen LogP contribution in [0.5, 0.6) is 0 Å². The summed E-state index contributed by atoms with van der Waals surface area (Å²) >= 11 is 0. The number of nitrogens with zero attached hydrogens (tertiary/aromatic N) is 1. The average molecular weight is 239 g/mol. The Labute approximate surface area is 106 Å². The predicted molar refractivity (Wildman–Crippen MR) is 74.7 cm³/mol. The number of hydrogen-bond donors (Lipinski definition) is 2. The molecule has 3 N–H and O–H groups in total. The summed E-state index contributed by atoms with van der Waals surface area (Å²) in [4.78, 5) is 2.59. The van der Waals surface area contributed by atoms with Gasteiger partial charge in [0.1, 0.15) is 0 Å². The summed E-state index contributed by atoms with van der Waals surface area (Å²) in [5.41, 5.74) is 4.27. The lowest BCUT2D eigenvalue weighted by atomic mass is 9.88. The second kappa shape index (κ2) is 6.53. The summed E-state index contributed by atoms with van der Waals surface area (Å²) in [5.74, 6) is 5.74. The van der Waals surface area contributed by atoms with Gasteiger partial charge in [-0.25, -0.2) is 0 Å². The highest BCUT2D eigenvalue weighted by molar-refractivity contribution is 5.01. The molecule has 0 aromatic carbocycles. The first-order valence-electron chi connectivity index (χ1n) is 6.84. The number of rotatable bonds is 5. The van der Waals surface area contributed by atoms with Crippen molar-refractivity contribution in [3.8, 4) is 0 Å². The first-order valence-corrected chi connectivity index (χ1v) is 6.84. The molecule has 0 aromatic heterocycles. The SMILES string of the molecule is C=C(C)CC(NN)C(C)(C)N1CCCCCC1. The smallest absolute Gasteiger partial charge is 0.0426 e. The summed E-state index contributed by atoms with van der Waals surface area (Å²) in [6.07, 6.45) is 6.31. The minimum absolute atomic E-state index is 0.0953. The van der Waals surface area contributed by atoms with E-state index >= 15 is 0 Å². The number of nitrogens with two attached hydrogens (primary N) is 1. The molecule has 0 spiro atoms. The molecule has 3 nitrogen and oxygen atoms in total. The molecule has 1 rings (SSSR count). The Bertz CT molecular complexity index is 240. The Kier molecular flexibility index (Phi) is 5.63. The molecule has 1 aliphatic rings. The Morgan fingerprint density at radius 3 is 2.24 bits per heavy atom. The topological polar surface area (TPSA) is 41.3 Å². The third kappa shape index (κ3) is 4.09. The molecule has 100 valence electrons. The minimum Gasteiger partial charge on any atom is -0.297 e. The fraction of sp³-hybridized carbons (Fsp3) is 0.857. The Morgan fingerprint density at radius 2 is 1.82 bits per heavy atom. The maximum absolute atomic E-state index is 5.74. The van der Waals surface area contributed by atoms with Crippen LogP contribution in [0.2, 0.25) is 0 Å². The number of hydrazine groups is 1. The van der Waals surface area contributed by atoms with Gasteiger partial charge in [0.05, 0.1) is 0 Å². The van der Waals surface area contributed by atoms with Gasteiger partial charge in [-0.2, -0.15) is 0 Å². The van der Waals surface area contributed by atoms with Crippen molar-refractivity contribution in [2.75, 3.05) is 13.1 Å². The van der Waals surface area contributed by atoms with Gasteiger partial charge in [0, 0.05) is 11.6 Å². The minimum atomic E-state index is 0.0953. The van der Waals surface area contributed by atoms with Crippen molar-refractivity contribution in [1.82, 2.24) is 10.3 Å². The van der Waals surface area contributed by atoms with Crippen LogP contribution in [-0.2, 0) is 0 Å². The van der Waals surface area contributed by atoms with E-state index in [2.05, 4.69) is 37.7 Å². The van der Waals surface area contributed by atoms with Crippen LogP contribution in [0, 0.1) is 0 Å². The van der Waals surface area contributed by atoms with Crippen LogP contribution in [0.25, 0.3) is 0 Å². The van der Waals surface area contributed by atoms with Gasteiger partial charge in [0.15, 0.2) is 0 Å². The highest BCUT2D eigenvalue weighted by atomic mass is 15.3. The lowest BCUT2D eigenvalue weighted by Crippen LogP contribution is -2.59. The Balaban J connectivity index is 2.70. The molecule has 1 unspecified atom stereocenters.